The topological polar surface area (TPSA) is 56.7 Å². The zero-order valence-electron chi connectivity index (χ0n) is 20.4. The first kappa shape index (κ1) is 22.2. The van der Waals surface area contributed by atoms with E-state index in [9.17, 15) is 0 Å². The molecule has 0 saturated heterocycles. The van der Waals surface area contributed by atoms with Crippen LogP contribution in [0.4, 0.5) is 0 Å². The monoisotopic (exact) mass is 472 g/mol. The number of hydrogen-bond acceptors (Lipinski definition) is 4. The molecule has 6 aromatic rings. The van der Waals surface area contributed by atoms with Crippen LogP contribution in [0.3, 0.4) is 0 Å². The Hall–Kier alpha value is -4.25. The molecule has 6 rings (SSSR count). The molecule has 0 aliphatic carbocycles. The molecule has 0 fully saturated rings. The van der Waals surface area contributed by atoms with Crippen molar-refractivity contribution in [1.82, 2.24) is 19.7 Å². The summed E-state index contributed by atoms with van der Waals surface area (Å²) in [6.07, 6.45) is 6.78. The third kappa shape index (κ3) is 4.17. The highest BCUT2D eigenvalue weighted by molar-refractivity contribution is 6.09. The average molecular weight is 473 g/mol. The molecule has 0 radical (unpaired) electrons. The van der Waals surface area contributed by atoms with Crippen LogP contribution in [0.5, 0.6) is 0 Å². The first-order valence-corrected chi connectivity index (χ1v) is 12.7. The molecule has 3 aromatic heterocycles. The van der Waals surface area contributed by atoms with Crippen molar-refractivity contribution in [3.05, 3.63) is 91.1 Å². The summed E-state index contributed by atoms with van der Waals surface area (Å²) in [7, 11) is 0. The molecule has 0 unspecified atom stereocenters. The summed E-state index contributed by atoms with van der Waals surface area (Å²) in [5.41, 5.74) is 6.34. The third-order valence-corrected chi connectivity index (χ3v) is 6.77. The molecule has 0 aliphatic rings. The van der Waals surface area contributed by atoms with Crippen LogP contribution in [0.1, 0.15) is 32.6 Å². The van der Waals surface area contributed by atoms with Crippen LogP contribution >= 0.6 is 0 Å². The van der Waals surface area contributed by atoms with Crippen LogP contribution < -0.4 is 0 Å². The lowest BCUT2D eigenvalue weighted by Crippen LogP contribution is -1.97. The quantitative estimate of drug-likeness (QED) is 0.210. The standard InChI is InChI=1S/C31H28N4O/c1-2-3-4-9-20-35-28-12-6-5-10-25(28)26-21-24(17-18-29(26)35)31-34-33-30(36-31)23-15-13-22(14-16-23)27-11-7-8-19-32-27/h5-8,10-19,21H,2-4,9,20H2,1H3. The van der Waals surface area contributed by atoms with Crippen LogP contribution in [-0.2, 0) is 6.54 Å². The van der Waals surface area contributed by atoms with Crippen LogP contribution in [0.15, 0.2) is 95.5 Å². The molecular weight excluding hydrogens is 444 g/mol. The Morgan fingerprint density at radius 3 is 2.19 bits per heavy atom. The van der Waals surface area contributed by atoms with E-state index in [1.54, 1.807) is 6.20 Å². The number of fused-ring (bicyclic) bond motifs is 3. The smallest absolute Gasteiger partial charge is 0.248 e. The number of pyridine rings is 1. The molecule has 0 spiro atoms. The second-order valence-corrected chi connectivity index (χ2v) is 9.17. The molecule has 3 aromatic carbocycles. The Morgan fingerprint density at radius 2 is 1.39 bits per heavy atom. The number of nitrogens with zero attached hydrogens (tertiary/aromatic N) is 4. The van der Waals surface area contributed by atoms with Crippen LogP contribution in [0, 0.1) is 0 Å². The fourth-order valence-corrected chi connectivity index (χ4v) is 4.90. The average Bonchev–Trinajstić information content (AvgIpc) is 3.55. The Morgan fingerprint density at radius 1 is 0.667 bits per heavy atom. The van der Waals surface area contributed by atoms with E-state index in [2.05, 4.69) is 69.1 Å². The summed E-state index contributed by atoms with van der Waals surface area (Å²) >= 11 is 0. The zero-order valence-corrected chi connectivity index (χ0v) is 20.4. The van der Waals surface area contributed by atoms with E-state index in [0.29, 0.717) is 11.8 Å². The van der Waals surface area contributed by atoms with Gasteiger partial charge in [0, 0.05) is 51.2 Å². The maximum Gasteiger partial charge on any atom is 0.248 e. The van der Waals surface area contributed by atoms with Gasteiger partial charge in [-0.2, -0.15) is 0 Å². The minimum absolute atomic E-state index is 0.510. The Bertz CT molecular complexity index is 1610. The number of aryl methyl sites for hydroxylation is 1. The van der Waals surface area contributed by atoms with Crippen molar-refractivity contribution in [1.29, 1.82) is 0 Å². The zero-order chi connectivity index (χ0) is 24.3. The molecule has 0 amide bonds. The fourth-order valence-electron chi connectivity index (χ4n) is 4.90. The van der Waals surface area contributed by atoms with Gasteiger partial charge in [0.1, 0.15) is 0 Å². The lowest BCUT2D eigenvalue weighted by molar-refractivity contribution is 0.584. The highest BCUT2D eigenvalue weighted by Gasteiger charge is 2.15. The number of hydrogen-bond donors (Lipinski definition) is 0. The maximum absolute atomic E-state index is 6.12. The molecule has 0 N–H and O–H groups in total. The SMILES string of the molecule is CCCCCCn1c2ccccc2c2cc(-c3nnc(-c4ccc(-c5ccccn5)cc4)o3)ccc21. The van der Waals surface area contributed by atoms with Gasteiger partial charge in [-0.1, -0.05) is 62.6 Å². The van der Waals surface area contributed by atoms with E-state index in [0.717, 1.165) is 28.9 Å². The first-order valence-electron chi connectivity index (χ1n) is 12.7. The van der Waals surface area contributed by atoms with Crippen molar-refractivity contribution >= 4 is 21.8 Å². The largest absolute Gasteiger partial charge is 0.416 e. The highest BCUT2D eigenvalue weighted by atomic mass is 16.4. The number of benzene rings is 3. The first-order chi connectivity index (χ1) is 17.8. The minimum atomic E-state index is 0.510. The molecule has 0 aliphatic heterocycles. The van der Waals surface area contributed by atoms with Crippen LogP contribution in [0.25, 0.3) is 56.0 Å². The molecular formula is C31H28N4O. The maximum atomic E-state index is 6.12. The van der Waals surface area contributed by atoms with Crippen molar-refractivity contribution in [2.45, 2.75) is 39.2 Å². The van der Waals surface area contributed by atoms with Gasteiger partial charge in [0.05, 0.1) is 5.69 Å². The predicted octanol–water partition coefficient (Wildman–Crippen LogP) is 8.15. The molecule has 3 heterocycles. The van der Waals surface area contributed by atoms with E-state index >= 15 is 0 Å². The van der Waals surface area contributed by atoms with E-state index in [4.69, 9.17) is 4.42 Å². The van der Waals surface area contributed by atoms with Gasteiger partial charge >= 0.3 is 0 Å². The fraction of sp³-hybridized carbons (Fsp3) is 0.194. The molecule has 178 valence electrons. The molecule has 36 heavy (non-hydrogen) atoms. The molecule has 0 saturated carbocycles. The van der Waals surface area contributed by atoms with Gasteiger partial charge in [0.15, 0.2) is 0 Å². The second-order valence-electron chi connectivity index (χ2n) is 9.17. The summed E-state index contributed by atoms with van der Waals surface area (Å²) in [4.78, 5) is 4.41. The van der Waals surface area contributed by atoms with E-state index in [-0.39, 0.29) is 0 Å². The Kier molecular flexibility index (Phi) is 6.04. The Labute approximate surface area is 210 Å². The van der Waals surface area contributed by atoms with Crippen molar-refractivity contribution in [3.63, 3.8) is 0 Å². The number of unbranched alkanes of at least 4 members (excludes halogenated alkanes) is 3. The molecule has 0 atom stereocenters. The summed E-state index contributed by atoms with van der Waals surface area (Å²) in [5, 5.41) is 11.2. The van der Waals surface area contributed by atoms with Crippen molar-refractivity contribution in [3.8, 4) is 34.2 Å². The van der Waals surface area contributed by atoms with Crippen LogP contribution in [-0.4, -0.2) is 19.7 Å². The predicted molar refractivity (Wildman–Crippen MR) is 146 cm³/mol. The minimum Gasteiger partial charge on any atom is -0.416 e. The van der Waals surface area contributed by atoms with Gasteiger partial charge in [0.25, 0.3) is 0 Å². The Balaban J connectivity index is 1.31. The van der Waals surface area contributed by atoms with Crippen molar-refractivity contribution < 1.29 is 4.42 Å². The summed E-state index contributed by atoms with van der Waals surface area (Å²) in [6, 6.07) is 29.1. The lowest BCUT2D eigenvalue weighted by atomic mass is 10.1. The van der Waals surface area contributed by atoms with E-state index < -0.39 is 0 Å². The number of para-hydroxylation sites is 1. The van der Waals surface area contributed by atoms with Crippen molar-refractivity contribution in [2.24, 2.45) is 0 Å². The normalized spacial score (nSPS) is 11.5. The van der Waals surface area contributed by atoms with Gasteiger partial charge in [-0.15, -0.1) is 10.2 Å². The van der Waals surface area contributed by atoms with E-state index in [1.165, 1.54) is 47.5 Å². The summed E-state index contributed by atoms with van der Waals surface area (Å²) in [5.74, 6) is 1.04. The number of aromatic nitrogens is 4. The van der Waals surface area contributed by atoms with Gasteiger partial charge < -0.3 is 8.98 Å². The van der Waals surface area contributed by atoms with Crippen molar-refractivity contribution in [2.75, 3.05) is 0 Å². The molecule has 0 bridgehead atoms. The van der Waals surface area contributed by atoms with Gasteiger partial charge in [-0.05, 0) is 55.0 Å². The lowest BCUT2D eigenvalue weighted by Gasteiger charge is -2.07. The second kappa shape index (κ2) is 9.78. The summed E-state index contributed by atoms with van der Waals surface area (Å²) < 4.78 is 8.57. The molecule has 5 nitrogen and oxygen atoms in total. The van der Waals surface area contributed by atoms with Gasteiger partial charge in [0.2, 0.25) is 11.8 Å². The van der Waals surface area contributed by atoms with E-state index in [1.807, 2.05) is 42.5 Å². The summed E-state index contributed by atoms with van der Waals surface area (Å²) in [6.45, 7) is 3.28. The van der Waals surface area contributed by atoms with Crippen LogP contribution in [0.2, 0.25) is 0 Å². The van der Waals surface area contributed by atoms with Gasteiger partial charge in [-0.25, -0.2) is 0 Å². The van der Waals surface area contributed by atoms with Gasteiger partial charge in [-0.3, -0.25) is 4.98 Å². The number of rotatable bonds is 8. The molecule has 5 heteroatoms. The third-order valence-electron chi connectivity index (χ3n) is 6.77. The highest BCUT2D eigenvalue weighted by Crippen LogP contribution is 2.33.